The van der Waals surface area contributed by atoms with Crippen molar-refractivity contribution in [2.24, 2.45) is 23.0 Å². The van der Waals surface area contributed by atoms with Gasteiger partial charge in [0, 0.05) is 32.7 Å². The number of carbonyl (C=O) groups excluding carboxylic acids is 1. The SMILES string of the molecule is CC(C)(C)[C@H](N)C(=O)N1CC2CC(CN(Cc3ccccc3)C2)C1. The van der Waals surface area contributed by atoms with E-state index in [9.17, 15) is 4.79 Å². The number of carbonyl (C=O) groups is 1. The van der Waals surface area contributed by atoms with E-state index < -0.39 is 6.04 Å². The summed E-state index contributed by atoms with van der Waals surface area (Å²) in [5.74, 6) is 1.29. The molecule has 0 aliphatic carbocycles. The third-order valence-electron chi connectivity index (χ3n) is 5.42. The third-order valence-corrected chi connectivity index (χ3v) is 5.42. The molecule has 0 radical (unpaired) electrons. The Morgan fingerprint density at radius 1 is 1.12 bits per heavy atom. The number of amides is 1. The fourth-order valence-electron chi connectivity index (χ4n) is 4.11. The second kappa shape index (κ2) is 6.85. The molecule has 2 fully saturated rings. The van der Waals surface area contributed by atoms with Crippen molar-refractivity contribution in [3.05, 3.63) is 35.9 Å². The lowest BCUT2D eigenvalue weighted by Crippen LogP contribution is -2.58. The monoisotopic (exact) mass is 329 g/mol. The van der Waals surface area contributed by atoms with Gasteiger partial charge in [0.15, 0.2) is 0 Å². The summed E-state index contributed by atoms with van der Waals surface area (Å²) in [6, 6.07) is 10.3. The highest BCUT2D eigenvalue weighted by Crippen LogP contribution is 2.31. The molecule has 2 aliphatic rings. The van der Waals surface area contributed by atoms with Gasteiger partial charge in [0.25, 0.3) is 0 Å². The lowest BCUT2D eigenvalue weighted by atomic mass is 9.82. The summed E-state index contributed by atoms with van der Waals surface area (Å²) in [5.41, 5.74) is 7.40. The average Bonchev–Trinajstić information content (AvgIpc) is 2.52. The molecule has 2 aliphatic heterocycles. The standard InChI is InChI=1S/C20H31N3O/c1-20(2,3)18(21)19(24)23-13-16-9-17(14-23)12-22(11-16)10-15-7-5-4-6-8-15/h4-8,16-18H,9-14,21H2,1-3H3/t16?,17?,18-/m1/s1. The molecule has 2 heterocycles. The van der Waals surface area contributed by atoms with Crippen LogP contribution in [0.2, 0.25) is 0 Å². The number of hydrogen-bond donors (Lipinski definition) is 1. The molecule has 1 aromatic rings. The Kier molecular flexibility index (Phi) is 4.97. The maximum atomic E-state index is 12.7. The van der Waals surface area contributed by atoms with Crippen molar-refractivity contribution >= 4 is 5.91 Å². The predicted molar refractivity (Wildman–Crippen MR) is 97.3 cm³/mol. The summed E-state index contributed by atoms with van der Waals surface area (Å²) in [5, 5.41) is 0. The van der Waals surface area contributed by atoms with E-state index in [4.69, 9.17) is 5.73 Å². The summed E-state index contributed by atoms with van der Waals surface area (Å²) >= 11 is 0. The molecule has 0 saturated carbocycles. The molecule has 132 valence electrons. The topological polar surface area (TPSA) is 49.6 Å². The number of likely N-dealkylation sites (tertiary alicyclic amines) is 2. The first-order chi connectivity index (χ1) is 11.3. The smallest absolute Gasteiger partial charge is 0.240 e. The molecular formula is C20H31N3O. The second-order valence-electron chi connectivity index (χ2n) is 8.73. The summed E-state index contributed by atoms with van der Waals surface area (Å²) in [6.45, 7) is 11.0. The van der Waals surface area contributed by atoms with E-state index in [1.54, 1.807) is 0 Å². The molecule has 3 atom stereocenters. The average molecular weight is 329 g/mol. The van der Waals surface area contributed by atoms with Crippen LogP contribution in [0.25, 0.3) is 0 Å². The minimum Gasteiger partial charge on any atom is -0.341 e. The minimum atomic E-state index is -0.406. The van der Waals surface area contributed by atoms with Crippen LogP contribution in [0.3, 0.4) is 0 Å². The molecule has 4 heteroatoms. The van der Waals surface area contributed by atoms with Crippen LogP contribution in [0.5, 0.6) is 0 Å². The fourth-order valence-corrected chi connectivity index (χ4v) is 4.11. The number of benzene rings is 1. The van der Waals surface area contributed by atoms with Crippen molar-refractivity contribution in [2.45, 2.75) is 39.8 Å². The quantitative estimate of drug-likeness (QED) is 0.926. The molecular weight excluding hydrogens is 298 g/mol. The van der Waals surface area contributed by atoms with Gasteiger partial charge in [0.05, 0.1) is 6.04 Å². The molecule has 0 aromatic heterocycles. The maximum Gasteiger partial charge on any atom is 0.240 e. The van der Waals surface area contributed by atoms with Gasteiger partial charge < -0.3 is 10.6 Å². The van der Waals surface area contributed by atoms with Crippen LogP contribution in [-0.2, 0) is 11.3 Å². The Morgan fingerprint density at radius 3 is 2.25 bits per heavy atom. The van der Waals surface area contributed by atoms with Crippen molar-refractivity contribution in [2.75, 3.05) is 26.2 Å². The number of fused-ring (bicyclic) bond motifs is 2. The summed E-state index contributed by atoms with van der Waals surface area (Å²) < 4.78 is 0. The highest BCUT2D eigenvalue weighted by Gasteiger charge is 2.39. The zero-order valence-corrected chi connectivity index (χ0v) is 15.2. The zero-order valence-electron chi connectivity index (χ0n) is 15.2. The lowest BCUT2D eigenvalue weighted by molar-refractivity contribution is -0.139. The number of hydrogen-bond acceptors (Lipinski definition) is 3. The van der Waals surface area contributed by atoms with Crippen LogP contribution < -0.4 is 5.73 Å². The predicted octanol–water partition coefficient (Wildman–Crippen LogP) is 2.34. The van der Waals surface area contributed by atoms with Gasteiger partial charge >= 0.3 is 0 Å². The Bertz CT molecular complexity index is 552. The number of piperidine rings is 2. The van der Waals surface area contributed by atoms with Crippen molar-refractivity contribution in [3.63, 3.8) is 0 Å². The number of rotatable bonds is 3. The van der Waals surface area contributed by atoms with Gasteiger partial charge in [0.1, 0.15) is 0 Å². The van der Waals surface area contributed by atoms with E-state index >= 15 is 0 Å². The molecule has 2 unspecified atom stereocenters. The van der Waals surface area contributed by atoms with Crippen LogP contribution in [0.1, 0.15) is 32.8 Å². The highest BCUT2D eigenvalue weighted by atomic mass is 16.2. The first-order valence-corrected chi connectivity index (χ1v) is 9.13. The van der Waals surface area contributed by atoms with E-state index in [1.165, 1.54) is 12.0 Å². The first-order valence-electron chi connectivity index (χ1n) is 9.13. The van der Waals surface area contributed by atoms with Crippen molar-refractivity contribution in [1.29, 1.82) is 0 Å². The van der Waals surface area contributed by atoms with E-state index in [0.717, 1.165) is 32.7 Å². The Labute approximate surface area is 146 Å². The van der Waals surface area contributed by atoms with Gasteiger partial charge in [-0.15, -0.1) is 0 Å². The van der Waals surface area contributed by atoms with Gasteiger partial charge in [0.2, 0.25) is 5.91 Å². The van der Waals surface area contributed by atoms with Crippen molar-refractivity contribution < 1.29 is 4.79 Å². The molecule has 1 amide bonds. The molecule has 1 aromatic carbocycles. The lowest BCUT2D eigenvalue weighted by Gasteiger charge is -2.47. The van der Waals surface area contributed by atoms with Gasteiger partial charge in [-0.25, -0.2) is 0 Å². The summed E-state index contributed by atoms with van der Waals surface area (Å²) in [7, 11) is 0. The van der Waals surface area contributed by atoms with Crippen LogP contribution >= 0.6 is 0 Å². The van der Waals surface area contributed by atoms with E-state index in [1.807, 2.05) is 25.7 Å². The van der Waals surface area contributed by atoms with Crippen molar-refractivity contribution in [1.82, 2.24) is 9.80 Å². The molecule has 0 spiro atoms. The largest absolute Gasteiger partial charge is 0.341 e. The Balaban J connectivity index is 1.60. The normalized spacial score (nSPS) is 26.2. The van der Waals surface area contributed by atoms with Gasteiger partial charge in [-0.05, 0) is 29.2 Å². The van der Waals surface area contributed by atoms with Crippen LogP contribution in [-0.4, -0.2) is 47.9 Å². The van der Waals surface area contributed by atoms with Gasteiger partial charge in [-0.3, -0.25) is 9.69 Å². The Morgan fingerprint density at radius 2 is 1.71 bits per heavy atom. The fraction of sp³-hybridized carbons (Fsp3) is 0.650. The zero-order chi connectivity index (χ0) is 17.3. The third kappa shape index (κ3) is 3.98. The van der Waals surface area contributed by atoms with Crippen molar-refractivity contribution in [3.8, 4) is 0 Å². The van der Waals surface area contributed by atoms with Gasteiger partial charge in [-0.1, -0.05) is 51.1 Å². The highest BCUT2D eigenvalue weighted by molar-refractivity contribution is 5.82. The van der Waals surface area contributed by atoms with Crippen LogP contribution in [0.15, 0.2) is 30.3 Å². The van der Waals surface area contributed by atoms with E-state index in [2.05, 4.69) is 35.2 Å². The summed E-state index contributed by atoms with van der Waals surface area (Å²) in [6.07, 6.45) is 1.25. The van der Waals surface area contributed by atoms with E-state index in [0.29, 0.717) is 11.8 Å². The maximum absolute atomic E-state index is 12.7. The minimum absolute atomic E-state index is 0.133. The molecule has 2 saturated heterocycles. The first kappa shape index (κ1) is 17.4. The Hall–Kier alpha value is -1.39. The molecule has 2 bridgehead atoms. The van der Waals surface area contributed by atoms with Gasteiger partial charge in [-0.2, -0.15) is 0 Å². The molecule has 2 N–H and O–H groups in total. The molecule has 24 heavy (non-hydrogen) atoms. The second-order valence-corrected chi connectivity index (χ2v) is 8.73. The number of nitrogens with zero attached hydrogens (tertiary/aromatic N) is 2. The molecule has 3 rings (SSSR count). The van der Waals surface area contributed by atoms with Crippen LogP contribution in [0, 0.1) is 17.3 Å². The summed E-state index contributed by atoms with van der Waals surface area (Å²) in [4.78, 5) is 17.3. The molecule has 4 nitrogen and oxygen atoms in total. The van der Waals surface area contributed by atoms with Crippen LogP contribution in [0.4, 0.5) is 0 Å². The number of nitrogens with two attached hydrogens (primary N) is 1. The van der Waals surface area contributed by atoms with E-state index in [-0.39, 0.29) is 11.3 Å².